The number of hydrogen-bond donors (Lipinski definition) is 2. The van der Waals surface area contributed by atoms with Crippen LogP contribution in [0.2, 0.25) is 0 Å². The number of amides is 2. The van der Waals surface area contributed by atoms with Crippen molar-refractivity contribution in [1.29, 1.82) is 0 Å². The zero-order valence-electron chi connectivity index (χ0n) is 16.3. The van der Waals surface area contributed by atoms with Crippen LogP contribution in [0.4, 0.5) is 9.18 Å². The van der Waals surface area contributed by atoms with Gasteiger partial charge in [-0.1, -0.05) is 24.6 Å². The Bertz CT molecular complexity index is 791. The van der Waals surface area contributed by atoms with Gasteiger partial charge >= 0.3 is 6.03 Å². The highest BCUT2D eigenvalue weighted by atomic mass is 19.1. The Morgan fingerprint density at radius 3 is 2.43 bits per heavy atom. The average molecular weight is 386 g/mol. The van der Waals surface area contributed by atoms with Crippen molar-refractivity contribution in [3.05, 3.63) is 59.4 Å². The van der Waals surface area contributed by atoms with Crippen molar-refractivity contribution in [2.45, 2.75) is 31.7 Å². The maximum Gasteiger partial charge on any atom is 0.315 e. The van der Waals surface area contributed by atoms with E-state index in [-0.39, 0.29) is 17.9 Å². The van der Waals surface area contributed by atoms with Crippen molar-refractivity contribution < 1.29 is 18.7 Å². The predicted octanol–water partition coefficient (Wildman–Crippen LogP) is 4.23. The van der Waals surface area contributed by atoms with Gasteiger partial charge in [-0.05, 0) is 60.6 Å². The lowest BCUT2D eigenvalue weighted by molar-refractivity contribution is 0.208. The number of urea groups is 1. The molecule has 0 radical (unpaired) electrons. The Balaban J connectivity index is 1.54. The summed E-state index contributed by atoms with van der Waals surface area (Å²) in [4.78, 5) is 12.4. The lowest BCUT2D eigenvalue weighted by atomic mass is 9.77. The highest BCUT2D eigenvalue weighted by Crippen LogP contribution is 2.37. The third-order valence-electron chi connectivity index (χ3n) is 5.28. The van der Waals surface area contributed by atoms with Crippen LogP contribution >= 0.6 is 0 Å². The molecule has 2 aromatic rings. The number of methoxy groups -OCH3 is 2. The normalized spacial score (nSPS) is 14.7. The van der Waals surface area contributed by atoms with Gasteiger partial charge in [0.2, 0.25) is 0 Å². The van der Waals surface area contributed by atoms with E-state index >= 15 is 0 Å². The topological polar surface area (TPSA) is 59.6 Å². The number of carbonyl (C=O) groups excluding carboxylic acids is 1. The molecule has 1 unspecified atom stereocenters. The minimum absolute atomic E-state index is 0.0876. The predicted molar refractivity (Wildman–Crippen MR) is 106 cm³/mol. The molecule has 0 saturated heterocycles. The van der Waals surface area contributed by atoms with Crippen LogP contribution in [0.25, 0.3) is 0 Å². The minimum Gasteiger partial charge on any atom is -0.493 e. The molecule has 1 aliphatic carbocycles. The maximum absolute atomic E-state index is 13.2. The number of carbonyl (C=O) groups is 1. The first kappa shape index (κ1) is 20.0. The van der Waals surface area contributed by atoms with Crippen molar-refractivity contribution in [2.24, 2.45) is 5.92 Å². The van der Waals surface area contributed by atoms with E-state index in [4.69, 9.17) is 9.47 Å². The van der Waals surface area contributed by atoms with Gasteiger partial charge in [-0.2, -0.15) is 0 Å². The minimum atomic E-state index is -0.268. The Morgan fingerprint density at radius 2 is 1.82 bits per heavy atom. The third kappa shape index (κ3) is 4.94. The molecule has 6 heteroatoms. The lowest BCUT2D eigenvalue weighted by Crippen LogP contribution is -2.42. The standard InChI is InChI=1S/C22H27FN2O3/c1-27-19-11-6-15(14-20(19)28-2)12-13-24-22(26)25-21(16-4-3-5-16)17-7-9-18(23)10-8-17/h6-11,14,16,21H,3-5,12-13H2,1-2H3,(H2,24,25,26). The van der Waals surface area contributed by atoms with Crippen molar-refractivity contribution in [1.82, 2.24) is 10.6 Å². The first-order valence-corrected chi connectivity index (χ1v) is 9.61. The van der Waals surface area contributed by atoms with Crippen LogP contribution in [0.3, 0.4) is 0 Å². The molecule has 0 heterocycles. The molecule has 1 saturated carbocycles. The zero-order chi connectivity index (χ0) is 19.9. The van der Waals surface area contributed by atoms with Gasteiger partial charge in [-0.15, -0.1) is 0 Å². The Morgan fingerprint density at radius 1 is 1.11 bits per heavy atom. The molecular weight excluding hydrogens is 359 g/mol. The summed E-state index contributed by atoms with van der Waals surface area (Å²) >= 11 is 0. The Kier molecular flexibility index (Phi) is 6.74. The van der Waals surface area contributed by atoms with Crippen LogP contribution in [-0.4, -0.2) is 26.8 Å². The number of nitrogens with one attached hydrogen (secondary N) is 2. The van der Waals surface area contributed by atoms with E-state index in [0.29, 0.717) is 30.4 Å². The van der Waals surface area contributed by atoms with Gasteiger partial charge in [0.05, 0.1) is 20.3 Å². The van der Waals surface area contributed by atoms with Crippen LogP contribution in [0.1, 0.15) is 36.4 Å². The number of rotatable bonds is 8. The molecule has 150 valence electrons. The summed E-state index contributed by atoms with van der Waals surface area (Å²) in [7, 11) is 3.20. The summed E-state index contributed by atoms with van der Waals surface area (Å²) in [6.07, 6.45) is 4.01. The Hall–Kier alpha value is -2.76. The van der Waals surface area contributed by atoms with Gasteiger partial charge in [-0.25, -0.2) is 9.18 Å². The summed E-state index contributed by atoms with van der Waals surface area (Å²) in [5.74, 6) is 1.49. The van der Waals surface area contributed by atoms with Crippen LogP contribution in [0.15, 0.2) is 42.5 Å². The second-order valence-corrected chi connectivity index (χ2v) is 7.06. The molecular formula is C22H27FN2O3. The highest BCUT2D eigenvalue weighted by Gasteiger charge is 2.29. The third-order valence-corrected chi connectivity index (χ3v) is 5.28. The molecule has 1 atom stereocenters. The fourth-order valence-electron chi connectivity index (χ4n) is 3.47. The van der Waals surface area contributed by atoms with E-state index in [0.717, 1.165) is 24.0 Å². The molecule has 1 aliphatic rings. The summed E-state index contributed by atoms with van der Waals surface area (Å²) < 4.78 is 23.8. The molecule has 1 fully saturated rings. The zero-order valence-corrected chi connectivity index (χ0v) is 16.3. The van der Waals surface area contributed by atoms with Crippen LogP contribution in [0, 0.1) is 11.7 Å². The van der Waals surface area contributed by atoms with Gasteiger partial charge in [0.15, 0.2) is 11.5 Å². The molecule has 0 aliphatic heterocycles. The number of benzene rings is 2. The maximum atomic E-state index is 13.2. The van der Waals surface area contributed by atoms with Crippen LogP contribution in [0.5, 0.6) is 11.5 Å². The van der Waals surface area contributed by atoms with Gasteiger partial charge < -0.3 is 20.1 Å². The Labute approximate surface area is 165 Å². The van der Waals surface area contributed by atoms with Crippen LogP contribution < -0.4 is 20.1 Å². The number of hydrogen-bond acceptors (Lipinski definition) is 3. The molecule has 0 aromatic heterocycles. The highest BCUT2D eigenvalue weighted by molar-refractivity contribution is 5.74. The molecule has 2 aromatic carbocycles. The van der Waals surface area contributed by atoms with Gasteiger partial charge in [0, 0.05) is 6.54 Å². The first-order valence-electron chi connectivity index (χ1n) is 9.61. The molecule has 0 spiro atoms. The first-order chi connectivity index (χ1) is 13.6. The van der Waals surface area contributed by atoms with Gasteiger partial charge in [-0.3, -0.25) is 0 Å². The lowest BCUT2D eigenvalue weighted by Gasteiger charge is -2.34. The van der Waals surface area contributed by atoms with Gasteiger partial charge in [0.25, 0.3) is 0 Å². The van der Waals surface area contributed by atoms with E-state index in [1.54, 1.807) is 26.4 Å². The summed E-state index contributed by atoms with van der Waals surface area (Å²) in [5.41, 5.74) is 1.99. The van der Waals surface area contributed by atoms with E-state index in [2.05, 4.69) is 10.6 Å². The molecule has 28 heavy (non-hydrogen) atoms. The molecule has 2 N–H and O–H groups in total. The van der Waals surface area contributed by atoms with Crippen molar-refractivity contribution in [3.63, 3.8) is 0 Å². The molecule has 0 bridgehead atoms. The fraction of sp³-hybridized carbons (Fsp3) is 0.409. The summed E-state index contributed by atoms with van der Waals surface area (Å²) in [5, 5.41) is 5.98. The van der Waals surface area contributed by atoms with Crippen molar-refractivity contribution in [2.75, 3.05) is 20.8 Å². The van der Waals surface area contributed by atoms with Crippen molar-refractivity contribution in [3.8, 4) is 11.5 Å². The second kappa shape index (κ2) is 9.44. The summed E-state index contributed by atoms with van der Waals surface area (Å²) in [6.45, 7) is 0.502. The largest absolute Gasteiger partial charge is 0.493 e. The second-order valence-electron chi connectivity index (χ2n) is 7.06. The van der Waals surface area contributed by atoms with Crippen LogP contribution in [-0.2, 0) is 6.42 Å². The van der Waals surface area contributed by atoms with Gasteiger partial charge in [0.1, 0.15) is 5.82 Å². The molecule has 2 amide bonds. The quantitative estimate of drug-likeness (QED) is 0.714. The van der Waals surface area contributed by atoms with E-state index in [9.17, 15) is 9.18 Å². The SMILES string of the molecule is COc1ccc(CCNC(=O)NC(c2ccc(F)cc2)C2CCC2)cc1OC. The smallest absolute Gasteiger partial charge is 0.315 e. The number of ether oxygens (including phenoxy) is 2. The van der Waals surface area contributed by atoms with Crippen molar-refractivity contribution >= 4 is 6.03 Å². The summed E-state index contributed by atoms with van der Waals surface area (Å²) in [6, 6.07) is 11.8. The van der Waals surface area contributed by atoms with E-state index < -0.39 is 0 Å². The molecule has 5 nitrogen and oxygen atoms in total. The number of halogens is 1. The van der Waals surface area contributed by atoms with E-state index in [1.807, 2.05) is 18.2 Å². The molecule has 3 rings (SSSR count). The van der Waals surface area contributed by atoms with E-state index in [1.165, 1.54) is 18.6 Å². The average Bonchev–Trinajstić information content (AvgIpc) is 2.66. The monoisotopic (exact) mass is 386 g/mol. The fourth-order valence-corrected chi connectivity index (χ4v) is 3.47.